The Morgan fingerprint density at radius 1 is 1.38 bits per heavy atom. The van der Waals surface area contributed by atoms with Crippen LogP contribution >= 0.6 is 0 Å². The van der Waals surface area contributed by atoms with Gasteiger partial charge in [0, 0.05) is 18.2 Å². The molecule has 1 rings (SSSR count). The molecule has 0 saturated carbocycles. The minimum atomic E-state index is -3.57. The maximum Gasteiger partial charge on any atom is 0.240 e. The summed E-state index contributed by atoms with van der Waals surface area (Å²) in [4.78, 5) is 2.16. The van der Waals surface area contributed by atoms with Gasteiger partial charge in [-0.25, -0.2) is 13.1 Å². The fourth-order valence-electron chi connectivity index (χ4n) is 1.60. The van der Waals surface area contributed by atoms with Gasteiger partial charge in [0.2, 0.25) is 10.0 Å². The topological polar surface area (TPSA) is 69.6 Å². The van der Waals surface area contributed by atoms with Crippen LogP contribution < -0.4 is 4.72 Å². The molecule has 0 aliphatic heterocycles. The fourth-order valence-corrected chi connectivity index (χ4v) is 2.99. The van der Waals surface area contributed by atoms with Gasteiger partial charge in [-0.1, -0.05) is 17.9 Å². The Bertz CT molecular complexity index is 643. The van der Waals surface area contributed by atoms with Crippen LogP contribution in [0.4, 0.5) is 0 Å². The summed E-state index contributed by atoms with van der Waals surface area (Å²) in [6, 6.07) is 5.07. The second kappa shape index (κ2) is 7.57. The van der Waals surface area contributed by atoms with Crippen molar-refractivity contribution in [3.63, 3.8) is 0 Å². The first kappa shape index (κ1) is 17.7. The smallest absolute Gasteiger partial charge is 0.240 e. The highest BCUT2D eigenvalue weighted by Crippen LogP contribution is 2.16. The van der Waals surface area contributed by atoms with Crippen LogP contribution in [0.15, 0.2) is 23.1 Å². The van der Waals surface area contributed by atoms with E-state index in [1.54, 1.807) is 19.1 Å². The summed E-state index contributed by atoms with van der Waals surface area (Å²) >= 11 is 0. The number of hydrogen-bond donors (Lipinski definition) is 2. The maximum atomic E-state index is 12.4. The van der Waals surface area contributed by atoms with E-state index < -0.39 is 10.0 Å². The van der Waals surface area contributed by atoms with Crippen molar-refractivity contribution in [3.05, 3.63) is 29.3 Å². The zero-order valence-corrected chi connectivity index (χ0v) is 13.7. The Labute approximate surface area is 127 Å². The van der Waals surface area contributed by atoms with Crippen LogP contribution in [0.2, 0.25) is 0 Å². The van der Waals surface area contributed by atoms with E-state index in [1.165, 1.54) is 6.07 Å². The molecule has 0 heterocycles. The summed E-state index contributed by atoms with van der Waals surface area (Å²) in [6.45, 7) is 3.77. The molecule has 1 aromatic carbocycles. The molecule has 0 radical (unpaired) electrons. The lowest BCUT2D eigenvalue weighted by Gasteiger charge is -2.20. The Kier molecular flexibility index (Phi) is 6.37. The number of sulfonamides is 1. The molecule has 0 fully saturated rings. The summed E-state index contributed by atoms with van der Waals surface area (Å²) in [5.74, 6) is 5.23. The first-order valence-electron chi connectivity index (χ1n) is 6.64. The van der Waals surface area contributed by atoms with E-state index in [1.807, 2.05) is 25.9 Å². The molecule has 6 heteroatoms. The minimum Gasteiger partial charge on any atom is -0.384 e. The summed E-state index contributed by atoms with van der Waals surface area (Å²) < 4.78 is 27.4. The van der Waals surface area contributed by atoms with Crippen molar-refractivity contribution in [1.29, 1.82) is 0 Å². The van der Waals surface area contributed by atoms with E-state index in [0.29, 0.717) is 17.7 Å². The lowest BCUT2D eigenvalue weighted by molar-refractivity contribution is 0.314. The van der Waals surface area contributed by atoms with Crippen molar-refractivity contribution in [2.45, 2.75) is 24.8 Å². The second-order valence-electron chi connectivity index (χ2n) is 5.10. The molecule has 0 aliphatic carbocycles. The highest BCUT2D eigenvalue weighted by Gasteiger charge is 2.18. The number of benzene rings is 1. The number of nitrogens with zero attached hydrogens (tertiary/aromatic N) is 1. The zero-order valence-electron chi connectivity index (χ0n) is 12.8. The van der Waals surface area contributed by atoms with Crippen molar-refractivity contribution >= 4 is 10.0 Å². The van der Waals surface area contributed by atoms with E-state index in [-0.39, 0.29) is 17.5 Å². The van der Waals surface area contributed by atoms with Gasteiger partial charge in [0.25, 0.3) is 0 Å². The average molecular weight is 310 g/mol. The molecule has 21 heavy (non-hydrogen) atoms. The standard InChI is InChI=1S/C15H22N2O3S/c1-12-7-8-14(6-5-9-18)10-15(12)21(19,20)16-11-13(2)17(3)4/h7-8,10,13,16,18H,9,11H2,1-4H3. The Hall–Kier alpha value is -1.39. The van der Waals surface area contributed by atoms with Gasteiger partial charge < -0.3 is 10.0 Å². The molecule has 2 N–H and O–H groups in total. The van der Waals surface area contributed by atoms with Crippen LogP contribution in [0.3, 0.4) is 0 Å². The first-order chi connectivity index (χ1) is 9.77. The van der Waals surface area contributed by atoms with Gasteiger partial charge >= 0.3 is 0 Å². The van der Waals surface area contributed by atoms with Crippen molar-refractivity contribution in [2.24, 2.45) is 0 Å². The molecule has 1 atom stereocenters. The van der Waals surface area contributed by atoms with E-state index in [0.717, 1.165) is 0 Å². The highest BCUT2D eigenvalue weighted by molar-refractivity contribution is 7.89. The summed E-state index contributed by atoms with van der Waals surface area (Å²) in [5.41, 5.74) is 1.23. The lowest BCUT2D eigenvalue weighted by atomic mass is 10.1. The summed E-state index contributed by atoms with van der Waals surface area (Å²) in [5, 5.41) is 8.70. The van der Waals surface area contributed by atoms with Crippen LogP contribution in [0.1, 0.15) is 18.1 Å². The fraction of sp³-hybridized carbons (Fsp3) is 0.467. The number of rotatable bonds is 5. The van der Waals surface area contributed by atoms with E-state index >= 15 is 0 Å². The van der Waals surface area contributed by atoms with Gasteiger partial charge in [0.05, 0.1) is 4.90 Å². The summed E-state index contributed by atoms with van der Waals surface area (Å²) in [7, 11) is 0.222. The predicted molar refractivity (Wildman–Crippen MR) is 83.5 cm³/mol. The van der Waals surface area contributed by atoms with Crippen LogP contribution in [0, 0.1) is 18.8 Å². The number of hydrogen-bond acceptors (Lipinski definition) is 4. The van der Waals surface area contributed by atoms with E-state index in [4.69, 9.17) is 5.11 Å². The molecule has 1 aromatic rings. The number of likely N-dealkylation sites (N-methyl/N-ethyl adjacent to an activating group) is 1. The molecule has 1 unspecified atom stereocenters. The lowest BCUT2D eigenvalue weighted by Crippen LogP contribution is -2.38. The number of nitrogens with one attached hydrogen (secondary N) is 1. The van der Waals surface area contributed by atoms with Crippen LogP contribution in [0.25, 0.3) is 0 Å². The predicted octanol–water partition coefficient (Wildman–Crippen LogP) is 0.567. The van der Waals surface area contributed by atoms with Crippen molar-refractivity contribution in [1.82, 2.24) is 9.62 Å². The molecule has 0 saturated heterocycles. The molecule has 0 spiro atoms. The van der Waals surface area contributed by atoms with E-state index in [2.05, 4.69) is 16.6 Å². The third-order valence-electron chi connectivity index (χ3n) is 3.24. The normalized spacial score (nSPS) is 12.9. The Morgan fingerprint density at radius 3 is 2.62 bits per heavy atom. The first-order valence-corrected chi connectivity index (χ1v) is 8.12. The van der Waals surface area contributed by atoms with Crippen LogP contribution in [-0.2, 0) is 10.0 Å². The number of aliphatic hydroxyl groups is 1. The quantitative estimate of drug-likeness (QED) is 0.780. The van der Waals surface area contributed by atoms with Crippen molar-refractivity contribution < 1.29 is 13.5 Å². The Balaban J connectivity index is 3.02. The largest absolute Gasteiger partial charge is 0.384 e. The van der Waals surface area contributed by atoms with Gasteiger partial charge in [0.1, 0.15) is 6.61 Å². The molecular weight excluding hydrogens is 288 g/mol. The molecule has 0 aliphatic rings. The molecule has 5 nitrogen and oxygen atoms in total. The Morgan fingerprint density at radius 2 is 2.05 bits per heavy atom. The zero-order chi connectivity index (χ0) is 16.0. The minimum absolute atomic E-state index is 0.0949. The van der Waals surface area contributed by atoms with Gasteiger partial charge in [-0.05, 0) is 45.6 Å². The second-order valence-corrected chi connectivity index (χ2v) is 6.84. The van der Waals surface area contributed by atoms with E-state index in [9.17, 15) is 8.42 Å². The average Bonchev–Trinajstić information content (AvgIpc) is 2.43. The number of aryl methyl sites for hydroxylation is 1. The third-order valence-corrected chi connectivity index (χ3v) is 4.81. The van der Waals surface area contributed by atoms with Gasteiger partial charge in [-0.15, -0.1) is 0 Å². The monoisotopic (exact) mass is 310 g/mol. The SMILES string of the molecule is Cc1ccc(C#CCO)cc1S(=O)(=O)NCC(C)N(C)C. The van der Waals surface area contributed by atoms with Gasteiger partial charge in [-0.2, -0.15) is 0 Å². The van der Waals surface area contributed by atoms with Crippen molar-refractivity contribution in [3.8, 4) is 11.8 Å². The third kappa shape index (κ3) is 5.14. The molecule has 116 valence electrons. The molecular formula is C15H22N2O3S. The molecule has 0 amide bonds. The maximum absolute atomic E-state index is 12.4. The summed E-state index contributed by atoms with van der Waals surface area (Å²) in [6.07, 6.45) is 0. The number of aliphatic hydroxyl groups excluding tert-OH is 1. The van der Waals surface area contributed by atoms with Gasteiger partial charge in [0.15, 0.2) is 0 Å². The highest BCUT2D eigenvalue weighted by atomic mass is 32.2. The molecule has 0 aromatic heterocycles. The van der Waals surface area contributed by atoms with Crippen molar-refractivity contribution in [2.75, 3.05) is 27.2 Å². The molecule has 0 bridgehead atoms. The van der Waals surface area contributed by atoms with Crippen LogP contribution in [-0.4, -0.2) is 51.7 Å². The van der Waals surface area contributed by atoms with Crippen LogP contribution in [0.5, 0.6) is 0 Å². The van der Waals surface area contributed by atoms with Gasteiger partial charge in [-0.3, -0.25) is 0 Å².